The molecule has 3 aromatic carbocycles. The van der Waals surface area contributed by atoms with Crippen LogP contribution in [0, 0.1) is 0 Å². The van der Waals surface area contributed by atoms with Gasteiger partial charge in [-0.25, -0.2) is 14.6 Å². The van der Waals surface area contributed by atoms with Crippen molar-refractivity contribution in [3.8, 4) is 28.5 Å². The van der Waals surface area contributed by atoms with Gasteiger partial charge in [0, 0.05) is 49.4 Å². The van der Waals surface area contributed by atoms with Crippen LogP contribution in [-0.4, -0.2) is 90.0 Å². The summed E-state index contributed by atoms with van der Waals surface area (Å²) < 4.78 is 23.0. The highest BCUT2D eigenvalue weighted by atomic mass is 16.6. The van der Waals surface area contributed by atoms with E-state index in [1.165, 1.54) is 11.9 Å². The summed E-state index contributed by atoms with van der Waals surface area (Å²) in [6.07, 6.45) is -0.786. The Morgan fingerprint density at radius 3 is 2.52 bits per heavy atom. The Balaban J connectivity index is 1.46. The normalized spacial score (nSPS) is 18.4. The summed E-state index contributed by atoms with van der Waals surface area (Å²) in [7, 11) is 3.01. The number of hydrogen-bond acceptors (Lipinski definition) is 9. The number of carbonyl (C=O) groups excluding carboxylic acids is 3. The van der Waals surface area contributed by atoms with Crippen molar-refractivity contribution in [2.75, 3.05) is 27.4 Å². The second kappa shape index (κ2) is 16.4. The van der Waals surface area contributed by atoms with Crippen LogP contribution in [0.15, 0.2) is 78.9 Å². The molecule has 2 bridgehead atoms. The number of benzene rings is 3. The number of carbonyl (C=O) groups is 4. The Hall–Kier alpha value is -5.85. The lowest BCUT2D eigenvalue weighted by atomic mass is 10.0. The van der Waals surface area contributed by atoms with Gasteiger partial charge in [0.15, 0.2) is 0 Å². The van der Waals surface area contributed by atoms with Gasteiger partial charge in [0.05, 0.1) is 31.5 Å². The van der Waals surface area contributed by atoms with Crippen molar-refractivity contribution in [1.82, 2.24) is 20.5 Å². The Labute approximate surface area is 302 Å². The molecule has 0 saturated heterocycles. The molecule has 0 fully saturated rings. The zero-order chi connectivity index (χ0) is 37.4. The fraction of sp³-hybridized carbons (Fsp3) is 0.359. The van der Waals surface area contributed by atoms with Crippen LogP contribution >= 0.6 is 0 Å². The highest BCUT2D eigenvalue weighted by Gasteiger charge is 2.35. The molecular weight excluding hydrogens is 668 g/mol. The smallest absolute Gasteiger partial charge is 0.408 e. The number of nitrogens with zero attached hydrogens (tertiary/aromatic N) is 2. The summed E-state index contributed by atoms with van der Waals surface area (Å²) >= 11 is 0. The van der Waals surface area contributed by atoms with Crippen LogP contribution in [-0.2, 0) is 25.5 Å². The van der Waals surface area contributed by atoms with Gasteiger partial charge < -0.3 is 39.6 Å². The average molecular weight is 713 g/mol. The number of nitrogens with one attached hydrogen (secondary N) is 2. The van der Waals surface area contributed by atoms with Crippen LogP contribution in [0.25, 0.3) is 22.2 Å². The largest absolute Gasteiger partial charge is 0.497 e. The van der Waals surface area contributed by atoms with Crippen LogP contribution in [0.1, 0.15) is 39.2 Å². The van der Waals surface area contributed by atoms with Gasteiger partial charge in [-0.15, -0.1) is 0 Å². The third-order valence-corrected chi connectivity index (χ3v) is 8.43. The molecule has 0 spiro atoms. The molecule has 13 nitrogen and oxygen atoms in total. The predicted octanol–water partition coefficient (Wildman–Crippen LogP) is 4.99. The number of pyridine rings is 1. The van der Waals surface area contributed by atoms with Gasteiger partial charge in [0.2, 0.25) is 11.8 Å². The predicted molar refractivity (Wildman–Crippen MR) is 193 cm³/mol. The van der Waals surface area contributed by atoms with E-state index in [0.29, 0.717) is 39.4 Å². The third kappa shape index (κ3) is 9.68. The van der Waals surface area contributed by atoms with E-state index in [1.807, 2.05) is 42.5 Å². The number of ether oxygens (including phenoxy) is 4. The van der Waals surface area contributed by atoms with E-state index >= 15 is 0 Å². The number of amides is 3. The molecule has 3 atom stereocenters. The summed E-state index contributed by atoms with van der Waals surface area (Å²) in [6, 6.07) is 20.1. The number of carboxylic acid groups (broad SMARTS) is 1. The number of fused-ring (bicyclic) bond motifs is 3. The van der Waals surface area contributed by atoms with Gasteiger partial charge in [-0.3, -0.25) is 9.59 Å². The fourth-order valence-electron chi connectivity index (χ4n) is 5.83. The van der Waals surface area contributed by atoms with Crippen LogP contribution in [0.2, 0.25) is 0 Å². The zero-order valence-corrected chi connectivity index (χ0v) is 29.9. The topological polar surface area (TPSA) is 166 Å². The highest BCUT2D eigenvalue weighted by molar-refractivity contribution is 5.93. The number of carboxylic acids is 1. The molecule has 5 rings (SSSR count). The fourth-order valence-corrected chi connectivity index (χ4v) is 5.83. The second-order valence-corrected chi connectivity index (χ2v) is 13.4. The van der Waals surface area contributed by atoms with Gasteiger partial charge in [-0.1, -0.05) is 42.5 Å². The molecule has 1 aliphatic rings. The van der Waals surface area contributed by atoms with Crippen LogP contribution in [0.4, 0.5) is 4.79 Å². The molecule has 0 saturated carbocycles. The maximum Gasteiger partial charge on any atom is 0.408 e. The van der Waals surface area contributed by atoms with E-state index in [0.717, 1.165) is 5.56 Å². The van der Waals surface area contributed by atoms with Crippen molar-refractivity contribution in [3.05, 3.63) is 84.4 Å². The van der Waals surface area contributed by atoms with Gasteiger partial charge in [0.25, 0.3) is 0 Å². The Morgan fingerprint density at radius 2 is 1.81 bits per heavy atom. The summed E-state index contributed by atoms with van der Waals surface area (Å²) in [4.78, 5) is 59.3. The number of hydrogen-bond donors (Lipinski definition) is 3. The van der Waals surface area contributed by atoms with Crippen molar-refractivity contribution in [2.24, 2.45) is 0 Å². The Kier molecular flexibility index (Phi) is 11.8. The number of alkyl carbamates (subject to hydrolysis) is 1. The van der Waals surface area contributed by atoms with Gasteiger partial charge in [-0.2, -0.15) is 0 Å². The molecule has 0 radical (unpaired) electrons. The first-order valence-corrected chi connectivity index (χ1v) is 17.0. The van der Waals surface area contributed by atoms with Crippen molar-refractivity contribution < 1.29 is 43.2 Å². The average Bonchev–Trinajstić information content (AvgIpc) is 3.11. The first-order chi connectivity index (χ1) is 24.8. The molecule has 1 aromatic heterocycles. The number of rotatable bonds is 8. The van der Waals surface area contributed by atoms with Crippen LogP contribution in [0.5, 0.6) is 17.2 Å². The molecule has 274 valence electrons. The number of aromatic nitrogens is 1. The minimum Gasteiger partial charge on any atom is -0.497 e. The maximum absolute atomic E-state index is 14.2. The lowest BCUT2D eigenvalue weighted by Crippen LogP contribution is -2.57. The van der Waals surface area contributed by atoms with E-state index in [4.69, 9.17) is 23.9 Å². The van der Waals surface area contributed by atoms with Crippen molar-refractivity contribution >= 4 is 34.8 Å². The van der Waals surface area contributed by atoms with E-state index in [2.05, 4.69) is 10.6 Å². The second-order valence-electron chi connectivity index (χ2n) is 13.4. The van der Waals surface area contributed by atoms with Crippen LogP contribution in [0.3, 0.4) is 0 Å². The maximum atomic E-state index is 14.2. The van der Waals surface area contributed by atoms with E-state index in [9.17, 15) is 24.3 Å². The van der Waals surface area contributed by atoms with Gasteiger partial charge in [-0.05, 0) is 50.6 Å². The summed E-state index contributed by atoms with van der Waals surface area (Å²) in [5, 5.41) is 15.9. The van der Waals surface area contributed by atoms with E-state index < -0.39 is 47.6 Å². The monoisotopic (exact) mass is 712 g/mol. The molecule has 0 aliphatic carbocycles. The van der Waals surface area contributed by atoms with Crippen molar-refractivity contribution in [3.63, 3.8) is 0 Å². The molecule has 4 aromatic rings. The molecule has 3 amide bonds. The molecule has 2 heterocycles. The third-order valence-electron chi connectivity index (χ3n) is 8.43. The van der Waals surface area contributed by atoms with Gasteiger partial charge in [0.1, 0.15) is 41.0 Å². The quantitative estimate of drug-likeness (QED) is 0.227. The molecule has 52 heavy (non-hydrogen) atoms. The number of methoxy groups -OCH3 is 1. The minimum atomic E-state index is -1.30. The number of aliphatic carboxylic acids is 1. The summed E-state index contributed by atoms with van der Waals surface area (Å²) in [5.74, 6) is -0.978. The van der Waals surface area contributed by atoms with Crippen molar-refractivity contribution in [1.29, 1.82) is 0 Å². The zero-order valence-electron chi connectivity index (χ0n) is 29.9. The first-order valence-electron chi connectivity index (χ1n) is 17.0. The summed E-state index contributed by atoms with van der Waals surface area (Å²) in [6.45, 7) is 5.09. The molecule has 13 heteroatoms. The molecule has 3 N–H and O–H groups in total. The Morgan fingerprint density at radius 1 is 1.04 bits per heavy atom. The van der Waals surface area contributed by atoms with E-state index in [1.54, 1.807) is 64.3 Å². The highest BCUT2D eigenvalue weighted by Crippen LogP contribution is 2.32. The molecule has 1 aliphatic heterocycles. The first kappa shape index (κ1) is 37.4. The SMILES string of the molecule is COc1ccc2c(OCC[C@H]3C(=O)N[C@H](C(=O)O)CCOc4cccc(c4)C[C@@H](NC(=O)OC(C)(C)C)C(=O)N3C)cc(-c3ccccc3)nc2c1. The molecular formula is C39H44N4O9. The van der Waals surface area contributed by atoms with E-state index in [-0.39, 0.29) is 32.5 Å². The number of likely N-dealkylation sites (N-methyl/N-ethyl adjacent to an activating group) is 1. The minimum absolute atomic E-state index is 0.00643. The Bertz CT molecular complexity index is 1910. The lowest BCUT2D eigenvalue weighted by molar-refractivity contribution is -0.145. The summed E-state index contributed by atoms with van der Waals surface area (Å²) in [5.41, 5.74) is 2.00. The molecule has 0 unspecified atom stereocenters. The van der Waals surface area contributed by atoms with Crippen LogP contribution < -0.4 is 24.8 Å². The van der Waals surface area contributed by atoms with Crippen molar-refractivity contribution in [2.45, 2.75) is 63.8 Å². The lowest BCUT2D eigenvalue weighted by Gasteiger charge is -2.32. The van der Waals surface area contributed by atoms with Gasteiger partial charge >= 0.3 is 12.1 Å². The standard InChI is InChI=1S/C39H44N4O9/c1-39(2,3)52-38(48)42-32-21-24-10-9-13-27(20-24)50-18-16-29(37(46)47)41-35(44)33(43(4)36(32)45)17-19-51-34-23-30(25-11-7-6-8-12-25)40-31-22-26(49-5)14-15-28(31)34/h6-15,20,22-23,29,32-33H,16-19,21H2,1-5H3,(H,41,44)(H,42,48)(H,46,47)/t29-,32+,33-/m0/s1.